The molecule has 1 fully saturated rings. The molecular formula is C10H14N2OS2. The van der Waals surface area contributed by atoms with E-state index in [0.717, 1.165) is 22.0 Å². The maximum Gasteiger partial charge on any atom is 0.164 e. The van der Waals surface area contributed by atoms with E-state index in [-0.39, 0.29) is 5.78 Å². The normalized spacial score (nSPS) is 20.5. The molecule has 0 amide bonds. The van der Waals surface area contributed by atoms with Crippen molar-refractivity contribution >= 4 is 34.1 Å². The molecule has 2 rings (SSSR count). The highest BCUT2D eigenvalue weighted by Gasteiger charge is 2.20. The van der Waals surface area contributed by atoms with Gasteiger partial charge in [-0.15, -0.1) is 0 Å². The van der Waals surface area contributed by atoms with Crippen molar-refractivity contribution in [2.45, 2.75) is 26.3 Å². The number of hydrogen-bond acceptors (Lipinski definition) is 5. The second kappa shape index (κ2) is 4.53. The first-order valence-electron chi connectivity index (χ1n) is 5.00. The van der Waals surface area contributed by atoms with Crippen molar-refractivity contribution in [3.63, 3.8) is 0 Å². The minimum Gasteiger partial charge on any atom is -0.371 e. The summed E-state index contributed by atoms with van der Waals surface area (Å²) in [6, 6.07) is 0.507. The minimum absolute atomic E-state index is 0.106. The lowest BCUT2D eigenvalue weighted by Crippen LogP contribution is -2.18. The molecule has 1 aromatic heterocycles. The molecule has 0 aromatic carbocycles. The molecule has 5 heteroatoms. The van der Waals surface area contributed by atoms with Gasteiger partial charge in [0.1, 0.15) is 5.00 Å². The summed E-state index contributed by atoms with van der Waals surface area (Å²) in [5.41, 5.74) is 1.62. The number of hydrogen-bond donors (Lipinski definition) is 1. The van der Waals surface area contributed by atoms with E-state index in [4.69, 9.17) is 0 Å². The number of thioether (sulfide) groups is 1. The molecule has 0 spiro atoms. The smallest absolute Gasteiger partial charge is 0.164 e. The highest BCUT2D eigenvalue weighted by atomic mass is 32.2. The van der Waals surface area contributed by atoms with Crippen LogP contribution < -0.4 is 5.32 Å². The van der Waals surface area contributed by atoms with Crippen molar-refractivity contribution in [2.75, 3.05) is 16.8 Å². The van der Waals surface area contributed by atoms with Crippen LogP contribution in [0.3, 0.4) is 0 Å². The first-order chi connectivity index (χ1) is 7.18. The second-order valence-corrected chi connectivity index (χ2v) is 5.66. The van der Waals surface area contributed by atoms with Crippen molar-refractivity contribution in [2.24, 2.45) is 0 Å². The maximum absolute atomic E-state index is 11.4. The fourth-order valence-electron chi connectivity index (χ4n) is 1.72. The maximum atomic E-state index is 11.4. The third-order valence-corrected chi connectivity index (χ3v) is 4.51. The number of aryl methyl sites for hydroxylation is 1. The lowest BCUT2D eigenvalue weighted by Gasteiger charge is -2.11. The van der Waals surface area contributed by atoms with Crippen LogP contribution in [-0.4, -0.2) is 27.7 Å². The van der Waals surface area contributed by atoms with Crippen molar-refractivity contribution < 1.29 is 4.79 Å². The Morgan fingerprint density at radius 3 is 3.00 bits per heavy atom. The molecule has 2 heterocycles. The summed E-state index contributed by atoms with van der Waals surface area (Å²) in [4.78, 5) is 11.4. The van der Waals surface area contributed by atoms with Gasteiger partial charge in [-0.1, -0.05) is 0 Å². The van der Waals surface area contributed by atoms with E-state index in [1.54, 1.807) is 6.92 Å². The van der Waals surface area contributed by atoms with Crippen molar-refractivity contribution in [1.29, 1.82) is 0 Å². The zero-order valence-electron chi connectivity index (χ0n) is 8.87. The Morgan fingerprint density at radius 2 is 2.40 bits per heavy atom. The third kappa shape index (κ3) is 2.34. The fraction of sp³-hybridized carbons (Fsp3) is 0.600. The Labute approximate surface area is 97.8 Å². The van der Waals surface area contributed by atoms with Crippen LogP contribution >= 0.6 is 23.3 Å². The van der Waals surface area contributed by atoms with E-state index in [0.29, 0.717) is 6.04 Å². The average molecular weight is 242 g/mol. The standard InChI is InChI=1S/C10H14N2OS2/c1-6-9(7(2)13)10(15-12-6)11-8-3-4-14-5-8/h8,11H,3-5H2,1-2H3. The molecule has 15 heavy (non-hydrogen) atoms. The summed E-state index contributed by atoms with van der Waals surface area (Å²) in [6.45, 7) is 3.49. The zero-order valence-corrected chi connectivity index (χ0v) is 10.5. The van der Waals surface area contributed by atoms with Gasteiger partial charge < -0.3 is 5.32 Å². The van der Waals surface area contributed by atoms with Gasteiger partial charge in [0.05, 0.1) is 11.3 Å². The van der Waals surface area contributed by atoms with Crippen LogP contribution in [0, 0.1) is 6.92 Å². The van der Waals surface area contributed by atoms with Gasteiger partial charge in [0, 0.05) is 11.8 Å². The van der Waals surface area contributed by atoms with Crippen LogP contribution in [0.2, 0.25) is 0 Å². The summed E-state index contributed by atoms with van der Waals surface area (Å²) in [7, 11) is 0. The topological polar surface area (TPSA) is 42.0 Å². The summed E-state index contributed by atoms with van der Waals surface area (Å²) < 4.78 is 4.23. The fourth-order valence-corrected chi connectivity index (χ4v) is 3.79. The Bertz CT molecular complexity index is 369. The van der Waals surface area contributed by atoms with Crippen molar-refractivity contribution in [3.05, 3.63) is 11.3 Å². The lowest BCUT2D eigenvalue weighted by molar-refractivity contribution is 0.101. The van der Waals surface area contributed by atoms with E-state index >= 15 is 0 Å². The van der Waals surface area contributed by atoms with E-state index in [1.165, 1.54) is 23.7 Å². The van der Waals surface area contributed by atoms with Gasteiger partial charge in [-0.25, -0.2) is 0 Å². The van der Waals surface area contributed by atoms with Crippen LogP contribution in [0.5, 0.6) is 0 Å². The summed E-state index contributed by atoms with van der Waals surface area (Å²) >= 11 is 3.36. The molecule has 1 aliphatic rings. The number of Topliss-reactive ketones (excluding diaryl/α,β-unsaturated/α-hetero) is 1. The van der Waals surface area contributed by atoms with Gasteiger partial charge in [0.25, 0.3) is 0 Å². The van der Waals surface area contributed by atoms with Gasteiger partial charge in [0.2, 0.25) is 0 Å². The molecule has 1 aromatic rings. The van der Waals surface area contributed by atoms with E-state index in [9.17, 15) is 4.79 Å². The molecule has 1 atom stereocenters. The largest absolute Gasteiger partial charge is 0.371 e. The Morgan fingerprint density at radius 1 is 1.60 bits per heavy atom. The van der Waals surface area contributed by atoms with Crippen LogP contribution in [0.15, 0.2) is 0 Å². The number of nitrogens with zero attached hydrogens (tertiary/aromatic N) is 1. The molecule has 1 aliphatic heterocycles. The lowest BCUT2D eigenvalue weighted by atomic mass is 10.1. The number of nitrogens with one attached hydrogen (secondary N) is 1. The monoisotopic (exact) mass is 242 g/mol. The number of rotatable bonds is 3. The molecule has 0 saturated carbocycles. The highest BCUT2D eigenvalue weighted by molar-refractivity contribution is 7.99. The van der Waals surface area contributed by atoms with E-state index < -0.39 is 0 Å². The molecule has 1 N–H and O–H groups in total. The third-order valence-electron chi connectivity index (χ3n) is 2.48. The molecule has 0 radical (unpaired) electrons. The summed E-state index contributed by atoms with van der Waals surface area (Å²) in [5, 5.41) is 4.38. The quantitative estimate of drug-likeness (QED) is 0.827. The number of carbonyl (C=O) groups is 1. The van der Waals surface area contributed by atoms with Crippen molar-refractivity contribution in [1.82, 2.24) is 4.37 Å². The number of ketones is 1. The predicted molar refractivity (Wildman–Crippen MR) is 66.2 cm³/mol. The molecule has 3 nitrogen and oxygen atoms in total. The number of carbonyl (C=O) groups excluding carboxylic acids is 1. The van der Waals surface area contributed by atoms with Crippen molar-refractivity contribution in [3.8, 4) is 0 Å². The molecule has 82 valence electrons. The van der Waals surface area contributed by atoms with Gasteiger partial charge in [0.15, 0.2) is 5.78 Å². The first kappa shape index (κ1) is 11.0. The minimum atomic E-state index is 0.106. The van der Waals surface area contributed by atoms with Gasteiger partial charge >= 0.3 is 0 Å². The molecule has 1 unspecified atom stereocenters. The second-order valence-electron chi connectivity index (χ2n) is 3.73. The molecule has 0 aliphatic carbocycles. The van der Waals surface area contributed by atoms with Crippen LogP contribution in [0.4, 0.5) is 5.00 Å². The predicted octanol–water partition coefficient (Wildman–Crippen LogP) is 2.57. The SMILES string of the molecule is CC(=O)c1c(C)nsc1NC1CCSC1. The van der Waals surface area contributed by atoms with Crippen LogP contribution in [-0.2, 0) is 0 Å². The van der Waals surface area contributed by atoms with E-state index in [2.05, 4.69) is 9.69 Å². The average Bonchev–Trinajstić information content (AvgIpc) is 2.76. The Hall–Kier alpha value is -0.550. The van der Waals surface area contributed by atoms with Gasteiger partial charge in [-0.3, -0.25) is 4.79 Å². The van der Waals surface area contributed by atoms with Gasteiger partial charge in [-0.05, 0) is 37.6 Å². The van der Waals surface area contributed by atoms with Crippen LogP contribution in [0.25, 0.3) is 0 Å². The Kier molecular flexibility index (Phi) is 3.31. The van der Waals surface area contributed by atoms with E-state index in [1.807, 2.05) is 18.7 Å². The number of aromatic nitrogens is 1. The van der Waals surface area contributed by atoms with Gasteiger partial charge in [-0.2, -0.15) is 16.1 Å². The highest BCUT2D eigenvalue weighted by Crippen LogP contribution is 2.28. The van der Waals surface area contributed by atoms with Crippen LogP contribution in [0.1, 0.15) is 29.4 Å². The Balaban J connectivity index is 2.16. The summed E-state index contributed by atoms with van der Waals surface area (Å²) in [6.07, 6.45) is 1.18. The molecule has 1 saturated heterocycles. The first-order valence-corrected chi connectivity index (χ1v) is 6.93. The molecule has 0 bridgehead atoms. The molecular weight excluding hydrogens is 228 g/mol. The summed E-state index contributed by atoms with van der Waals surface area (Å²) in [5.74, 6) is 2.45. The zero-order chi connectivity index (χ0) is 10.8. The number of anilines is 1.